The van der Waals surface area contributed by atoms with Gasteiger partial charge in [-0.2, -0.15) is 4.98 Å². The van der Waals surface area contributed by atoms with Crippen molar-refractivity contribution >= 4 is 29.0 Å². The van der Waals surface area contributed by atoms with Crippen LogP contribution in [0.1, 0.15) is 30.5 Å². The first-order chi connectivity index (χ1) is 15.6. The Morgan fingerprint density at radius 1 is 1.03 bits per heavy atom. The van der Waals surface area contributed by atoms with Gasteiger partial charge in [-0.15, -0.1) is 0 Å². The van der Waals surface area contributed by atoms with Gasteiger partial charge in [0, 0.05) is 36.2 Å². The molecule has 1 saturated heterocycles. The second-order valence-electron chi connectivity index (χ2n) is 8.33. The summed E-state index contributed by atoms with van der Waals surface area (Å²) in [7, 11) is 0. The SMILES string of the molecule is Cc1cc(N2CCCC2)nc(Nc2ccc(NC(=O)[C@@H]3CCc4ccccc4O3)cc2)n1. The van der Waals surface area contributed by atoms with E-state index in [1.807, 2.05) is 61.5 Å². The summed E-state index contributed by atoms with van der Waals surface area (Å²) in [5.41, 5.74) is 3.68. The van der Waals surface area contributed by atoms with E-state index >= 15 is 0 Å². The molecule has 2 aliphatic rings. The topological polar surface area (TPSA) is 79.4 Å². The van der Waals surface area contributed by atoms with Crippen LogP contribution in [-0.2, 0) is 11.2 Å². The highest BCUT2D eigenvalue weighted by Crippen LogP contribution is 2.28. The van der Waals surface area contributed by atoms with Gasteiger partial charge in [0.05, 0.1) is 0 Å². The summed E-state index contributed by atoms with van der Waals surface area (Å²) in [6.45, 7) is 4.07. The normalized spacial score (nSPS) is 17.4. The van der Waals surface area contributed by atoms with Gasteiger partial charge in [-0.1, -0.05) is 18.2 Å². The van der Waals surface area contributed by atoms with Gasteiger partial charge in [-0.3, -0.25) is 4.79 Å². The zero-order valence-electron chi connectivity index (χ0n) is 18.2. The van der Waals surface area contributed by atoms with Crippen LogP contribution in [0.4, 0.5) is 23.1 Å². The Kier molecular flexibility index (Phi) is 5.62. The van der Waals surface area contributed by atoms with Gasteiger partial charge in [-0.25, -0.2) is 4.98 Å². The lowest BCUT2D eigenvalue weighted by atomic mass is 10.0. The van der Waals surface area contributed by atoms with Crippen LogP contribution < -0.4 is 20.3 Å². The minimum Gasteiger partial charge on any atom is -0.480 e. The average Bonchev–Trinajstić information content (AvgIpc) is 3.35. The van der Waals surface area contributed by atoms with Gasteiger partial charge in [0.1, 0.15) is 11.6 Å². The van der Waals surface area contributed by atoms with Crippen molar-refractivity contribution in [1.29, 1.82) is 0 Å². The zero-order valence-corrected chi connectivity index (χ0v) is 18.2. The van der Waals surface area contributed by atoms with Gasteiger partial charge in [0.2, 0.25) is 5.95 Å². The molecule has 3 aromatic rings. The number of amides is 1. The summed E-state index contributed by atoms with van der Waals surface area (Å²) < 4.78 is 5.89. The Labute approximate surface area is 187 Å². The molecular weight excluding hydrogens is 402 g/mol. The van der Waals surface area contributed by atoms with E-state index in [9.17, 15) is 4.79 Å². The van der Waals surface area contributed by atoms with Crippen molar-refractivity contribution < 1.29 is 9.53 Å². The van der Waals surface area contributed by atoms with E-state index < -0.39 is 6.10 Å². The maximum absolute atomic E-state index is 12.7. The van der Waals surface area contributed by atoms with Crippen molar-refractivity contribution in [2.75, 3.05) is 28.6 Å². The Balaban J connectivity index is 1.22. The predicted octanol–water partition coefficient (Wildman–Crippen LogP) is 4.46. The standard InChI is InChI=1S/C25H27N5O2/c1-17-16-23(30-14-4-5-15-30)29-25(26-17)28-20-11-9-19(10-12-20)27-24(31)22-13-8-18-6-2-3-7-21(18)32-22/h2-3,6-7,9-12,16,22H,4-5,8,13-15H2,1H3,(H,27,31)(H,26,28,29)/t22-/m0/s1. The van der Waals surface area contributed by atoms with E-state index in [1.54, 1.807) is 0 Å². The summed E-state index contributed by atoms with van der Waals surface area (Å²) >= 11 is 0. The molecule has 2 aliphatic heterocycles. The Hall–Kier alpha value is -3.61. The van der Waals surface area contributed by atoms with Gasteiger partial charge in [0.25, 0.3) is 5.91 Å². The number of aromatic nitrogens is 2. The van der Waals surface area contributed by atoms with Gasteiger partial charge >= 0.3 is 0 Å². The van der Waals surface area contributed by atoms with E-state index in [1.165, 1.54) is 12.8 Å². The molecule has 0 radical (unpaired) electrons. The number of carbonyl (C=O) groups excluding carboxylic acids is 1. The average molecular weight is 430 g/mol. The monoisotopic (exact) mass is 429 g/mol. The first-order valence-corrected chi connectivity index (χ1v) is 11.2. The van der Waals surface area contributed by atoms with Crippen LogP contribution in [0.3, 0.4) is 0 Å². The number of anilines is 4. The molecule has 0 aliphatic carbocycles. The third kappa shape index (κ3) is 4.51. The quantitative estimate of drug-likeness (QED) is 0.623. The van der Waals surface area contributed by atoms with Gasteiger partial charge < -0.3 is 20.3 Å². The number of fused-ring (bicyclic) bond motifs is 1. The zero-order chi connectivity index (χ0) is 21.9. The molecule has 32 heavy (non-hydrogen) atoms. The molecule has 1 aromatic heterocycles. The van der Waals surface area contributed by atoms with Crippen LogP contribution in [0.15, 0.2) is 54.6 Å². The highest BCUT2D eigenvalue weighted by Gasteiger charge is 2.25. The van der Waals surface area contributed by atoms with Crippen LogP contribution in [0.5, 0.6) is 5.75 Å². The van der Waals surface area contributed by atoms with Crippen molar-refractivity contribution in [3.63, 3.8) is 0 Å². The molecule has 1 atom stereocenters. The fourth-order valence-corrected chi connectivity index (χ4v) is 4.21. The van der Waals surface area contributed by atoms with Gasteiger partial charge in [0.15, 0.2) is 6.10 Å². The number of para-hydroxylation sites is 1. The summed E-state index contributed by atoms with van der Waals surface area (Å²) in [4.78, 5) is 24.2. The fourth-order valence-electron chi connectivity index (χ4n) is 4.21. The number of hydrogen-bond donors (Lipinski definition) is 2. The number of hydrogen-bond acceptors (Lipinski definition) is 6. The molecule has 7 heteroatoms. The molecule has 2 aromatic carbocycles. The third-order valence-electron chi connectivity index (χ3n) is 5.89. The second-order valence-corrected chi connectivity index (χ2v) is 8.33. The lowest BCUT2D eigenvalue weighted by Gasteiger charge is -2.25. The molecule has 1 amide bonds. The molecule has 0 unspecified atom stereocenters. The maximum atomic E-state index is 12.7. The van der Waals surface area contributed by atoms with Crippen LogP contribution >= 0.6 is 0 Å². The highest BCUT2D eigenvalue weighted by atomic mass is 16.5. The number of ether oxygens (including phenoxy) is 1. The number of aryl methyl sites for hydroxylation is 2. The highest BCUT2D eigenvalue weighted by molar-refractivity contribution is 5.94. The third-order valence-corrected chi connectivity index (χ3v) is 5.89. The summed E-state index contributed by atoms with van der Waals surface area (Å²) in [5, 5.41) is 6.24. The molecule has 1 fully saturated rings. The molecular formula is C25H27N5O2. The minimum absolute atomic E-state index is 0.127. The summed E-state index contributed by atoms with van der Waals surface area (Å²) in [5.74, 6) is 2.22. The number of carbonyl (C=O) groups is 1. The molecule has 5 rings (SSSR count). The van der Waals surface area contributed by atoms with Crippen LogP contribution in [0.2, 0.25) is 0 Å². The lowest BCUT2D eigenvalue weighted by molar-refractivity contribution is -0.123. The van der Waals surface area contributed by atoms with Crippen LogP contribution in [0.25, 0.3) is 0 Å². The number of benzene rings is 2. The van der Waals surface area contributed by atoms with Crippen LogP contribution in [-0.4, -0.2) is 35.1 Å². The maximum Gasteiger partial charge on any atom is 0.265 e. The molecule has 2 N–H and O–H groups in total. The Morgan fingerprint density at radius 2 is 1.78 bits per heavy atom. The Bertz CT molecular complexity index is 1110. The molecule has 0 saturated carbocycles. The largest absolute Gasteiger partial charge is 0.480 e. The van der Waals surface area contributed by atoms with E-state index in [0.29, 0.717) is 12.4 Å². The summed E-state index contributed by atoms with van der Waals surface area (Å²) in [6.07, 6.45) is 3.45. The molecule has 164 valence electrons. The smallest absolute Gasteiger partial charge is 0.265 e. The van der Waals surface area contributed by atoms with Crippen molar-refractivity contribution in [2.45, 2.75) is 38.7 Å². The van der Waals surface area contributed by atoms with E-state index in [-0.39, 0.29) is 5.91 Å². The summed E-state index contributed by atoms with van der Waals surface area (Å²) in [6, 6.07) is 17.5. The minimum atomic E-state index is -0.479. The Morgan fingerprint density at radius 3 is 2.59 bits per heavy atom. The van der Waals surface area contributed by atoms with E-state index in [4.69, 9.17) is 4.74 Å². The van der Waals surface area contributed by atoms with E-state index in [2.05, 4.69) is 25.5 Å². The molecule has 0 bridgehead atoms. The second kappa shape index (κ2) is 8.86. The van der Waals surface area contributed by atoms with E-state index in [0.717, 1.165) is 53.7 Å². The van der Waals surface area contributed by atoms with Crippen molar-refractivity contribution in [2.24, 2.45) is 0 Å². The van der Waals surface area contributed by atoms with Gasteiger partial charge in [-0.05, 0) is 68.5 Å². The predicted molar refractivity (Wildman–Crippen MR) is 126 cm³/mol. The van der Waals surface area contributed by atoms with Crippen molar-refractivity contribution in [3.8, 4) is 5.75 Å². The first kappa shape index (κ1) is 20.3. The molecule has 7 nitrogen and oxygen atoms in total. The molecule has 3 heterocycles. The van der Waals surface area contributed by atoms with Crippen LogP contribution in [0, 0.1) is 6.92 Å². The number of nitrogens with zero attached hydrogens (tertiary/aromatic N) is 3. The van der Waals surface area contributed by atoms with Crippen molar-refractivity contribution in [1.82, 2.24) is 9.97 Å². The number of nitrogens with one attached hydrogen (secondary N) is 2. The van der Waals surface area contributed by atoms with Crippen molar-refractivity contribution in [3.05, 3.63) is 65.9 Å². The number of rotatable bonds is 5. The molecule has 0 spiro atoms. The first-order valence-electron chi connectivity index (χ1n) is 11.2. The lowest BCUT2D eigenvalue weighted by Crippen LogP contribution is -2.35. The fraction of sp³-hybridized carbons (Fsp3) is 0.320.